The zero-order valence-electron chi connectivity index (χ0n) is 12.9. The van der Waals surface area contributed by atoms with Gasteiger partial charge in [0.2, 0.25) is 0 Å². The number of hydrogen-bond donors (Lipinski definition) is 1. The topological polar surface area (TPSA) is 84.7 Å². The van der Waals surface area contributed by atoms with Crippen LogP contribution in [0.2, 0.25) is 0 Å². The van der Waals surface area contributed by atoms with Crippen molar-refractivity contribution >= 4 is 28.2 Å². The van der Waals surface area contributed by atoms with Crippen molar-refractivity contribution < 1.29 is 18.8 Å². The highest BCUT2D eigenvalue weighted by Crippen LogP contribution is 2.26. The third-order valence-electron chi connectivity index (χ3n) is 3.68. The number of hydrogen-bond acceptors (Lipinski definition) is 6. The molecule has 0 spiro atoms. The number of nitrogens with zero attached hydrogens (tertiary/aromatic N) is 2. The summed E-state index contributed by atoms with van der Waals surface area (Å²) in [5.74, 6) is 0.0425. The van der Waals surface area contributed by atoms with Crippen LogP contribution in [-0.2, 0) is 4.74 Å². The summed E-state index contributed by atoms with van der Waals surface area (Å²) in [6, 6.07) is 1.73. The number of aromatic nitrogens is 1. The third-order valence-corrected chi connectivity index (χ3v) is 4.51. The number of anilines is 1. The molecule has 2 aromatic heterocycles. The Balaban J connectivity index is 1.78. The smallest absolute Gasteiger partial charge is 0.261 e. The van der Waals surface area contributed by atoms with E-state index in [1.165, 1.54) is 11.3 Å². The number of thiophene rings is 1. The third kappa shape index (κ3) is 3.13. The molecule has 23 heavy (non-hydrogen) atoms. The highest BCUT2D eigenvalue weighted by atomic mass is 32.1. The Hall–Kier alpha value is -2.19. The molecule has 2 amide bonds. The highest BCUT2D eigenvalue weighted by molar-refractivity contribution is 7.14. The minimum absolute atomic E-state index is 0.0939. The Morgan fingerprint density at radius 1 is 1.30 bits per heavy atom. The summed E-state index contributed by atoms with van der Waals surface area (Å²) in [7, 11) is 0. The molecule has 0 aliphatic carbocycles. The Bertz CT molecular complexity index is 711. The molecule has 3 heterocycles. The summed E-state index contributed by atoms with van der Waals surface area (Å²) in [5, 5.41) is 8.89. The Kier molecular flexibility index (Phi) is 4.44. The summed E-state index contributed by atoms with van der Waals surface area (Å²) in [5.41, 5.74) is 1.43. The lowest BCUT2D eigenvalue weighted by Gasteiger charge is -2.26. The van der Waals surface area contributed by atoms with Gasteiger partial charge in [-0.1, -0.05) is 5.16 Å². The number of amides is 2. The van der Waals surface area contributed by atoms with Crippen molar-refractivity contribution in [1.82, 2.24) is 10.1 Å². The molecule has 2 aromatic rings. The first-order chi connectivity index (χ1) is 11.1. The first kappa shape index (κ1) is 15.7. The van der Waals surface area contributed by atoms with Gasteiger partial charge in [0.15, 0.2) is 0 Å². The fourth-order valence-electron chi connectivity index (χ4n) is 2.48. The van der Waals surface area contributed by atoms with Crippen LogP contribution in [0.1, 0.15) is 32.2 Å². The van der Waals surface area contributed by atoms with Crippen molar-refractivity contribution in [2.45, 2.75) is 13.8 Å². The van der Waals surface area contributed by atoms with Crippen LogP contribution in [0.15, 0.2) is 16.0 Å². The average Bonchev–Trinajstić information content (AvgIpc) is 3.14. The van der Waals surface area contributed by atoms with E-state index in [-0.39, 0.29) is 11.8 Å². The molecule has 3 rings (SSSR count). The molecule has 0 aromatic carbocycles. The van der Waals surface area contributed by atoms with Crippen LogP contribution in [0.5, 0.6) is 0 Å². The Labute approximate surface area is 137 Å². The van der Waals surface area contributed by atoms with Crippen molar-refractivity contribution in [3.8, 4) is 0 Å². The predicted molar refractivity (Wildman–Crippen MR) is 85.0 cm³/mol. The molecule has 1 aliphatic rings. The molecule has 1 fully saturated rings. The molecule has 8 heteroatoms. The average molecular weight is 335 g/mol. The van der Waals surface area contributed by atoms with Gasteiger partial charge in [-0.25, -0.2) is 0 Å². The molecular weight excluding hydrogens is 318 g/mol. The Morgan fingerprint density at radius 3 is 2.70 bits per heavy atom. The van der Waals surface area contributed by atoms with Gasteiger partial charge in [-0.05, 0) is 25.3 Å². The number of aryl methyl sites for hydroxylation is 2. The van der Waals surface area contributed by atoms with Crippen LogP contribution in [0, 0.1) is 13.8 Å². The van der Waals surface area contributed by atoms with E-state index >= 15 is 0 Å². The van der Waals surface area contributed by atoms with Gasteiger partial charge in [-0.15, -0.1) is 11.3 Å². The van der Waals surface area contributed by atoms with Crippen LogP contribution >= 0.6 is 11.3 Å². The van der Waals surface area contributed by atoms with Crippen LogP contribution in [0.3, 0.4) is 0 Å². The van der Waals surface area contributed by atoms with Crippen molar-refractivity contribution in [1.29, 1.82) is 0 Å². The zero-order chi connectivity index (χ0) is 16.4. The van der Waals surface area contributed by atoms with E-state index in [9.17, 15) is 9.59 Å². The van der Waals surface area contributed by atoms with E-state index in [4.69, 9.17) is 9.26 Å². The van der Waals surface area contributed by atoms with Crippen molar-refractivity contribution in [2.24, 2.45) is 0 Å². The quantitative estimate of drug-likeness (QED) is 0.928. The van der Waals surface area contributed by atoms with Gasteiger partial charge >= 0.3 is 0 Å². The maximum atomic E-state index is 12.6. The normalized spacial score (nSPS) is 14.8. The van der Waals surface area contributed by atoms with E-state index in [1.807, 2.05) is 0 Å². The van der Waals surface area contributed by atoms with Crippen LogP contribution in [0.25, 0.3) is 0 Å². The minimum Gasteiger partial charge on any atom is -0.378 e. The van der Waals surface area contributed by atoms with Crippen molar-refractivity contribution in [3.63, 3.8) is 0 Å². The molecule has 1 aliphatic heterocycles. The standard InChI is InChI=1S/C15H17N3O4S/c1-9-12(10(2)22-17-9)13(19)16-14-11(3-8-23-14)15(20)18-4-6-21-7-5-18/h3,8H,4-7H2,1-2H3,(H,16,19). The fraction of sp³-hybridized carbons (Fsp3) is 0.400. The predicted octanol–water partition coefficient (Wildman–Crippen LogP) is 2.08. The molecule has 0 unspecified atom stereocenters. The summed E-state index contributed by atoms with van der Waals surface area (Å²) >= 11 is 1.32. The van der Waals surface area contributed by atoms with Gasteiger partial charge in [0, 0.05) is 13.1 Å². The molecule has 1 N–H and O–H groups in total. The molecule has 1 saturated heterocycles. The van der Waals surface area contributed by atoms with Crippen LogP contribution in [-0.4, -0.2) is 48.2 Å². The van der Waals surface area contributed by atoms with E-state index in [1.54, 1.807) is 30.2 Å². The maximum absolute atomic E-state index is 12.6. The van der Waals surface area contributed by atoms with Gasteiger partial charge in [-0.2, -0.15) is 0 Å². The minimum atomic E-state index is -0.320. The molecule has 0 bridgehead atoms. The van der Waals surface area contributed by atoms with Crippen LogP contribution < -0.4 is 5.32 Å². The van der Waals surface area contributed by atoms with E-state index in [0.29, 0.717) is 53.9 Å². The molecular formula is C15H17N3O4S. The SMILES string of the molecule is Cc1noc(C)c1C(=O)Nc1sccc1C(=O)N1CCOCC1. The summed E-state index contributed by atoms with van der Waals surface area (Å²) < 4.78 is 10.3. The number of rotatable bonds is 3. The fourth-order valence-corrected chi connectivity index (χ4v) is 3.26. The van der Waals surface area contributed by atoms with Crippen LogP contribution in [0.4, 0.5) is 5.00 Å². The first-order valence-electron chi connectivity index (χ1n) is 7.26. The largest absolute Gasteiger partial charge is 0.378 e. The van der Waals surface area contributed by atoms with Gasteiger partial charge in [-0.3, -0.25) is 9.59 Å². The van der Waals surface area contributed by atoms with E-state index in [2.05, 4.69) is 10.5 Å². The molecule has 0 atom stereocenters. The second kappa shape index (κ2) is 6.51. The maximum Gasteiger partial charge on any atom is 0.261 e. The number of carbonyl (C=O) groups is 2. The lowest BCUT2D eigenvalue weighted by Crippen LogP contribution is -2.40. The molecule has 0 radical (unpaired) electrons. The lowest BCUT2D eigenvalue weighted by atomic mass is 10.2. The van der Waals surface area contributed by atoms with E-state index < -0.39 is 0 Å². The second-order valence-electron chi connectivity index (χ2n) is 5.22. The molecule has 7 nitrogen and oxygen atoms in total. The van der Waals surface area contributed by atoms with E-state index in [0.717, 1.165) is 0 Å². The highest BCUT2D eigenvalue weighted by Gasteiger charge is 2.24. The second-order valence-corrected chi connectivity index (χ2v) is 6.14. The molecule has 122 valence electrons. The van der Waals surface area contributed by atoms with Gasteiger partial charge in [0.25, 0.3) is 11.8 Å². The summed E-state index contributed by atoms with van der Waals surface area (Å²) in [6.07, 6.45) is 0. The van der Waals surface area contributed by atoms with Crippen molar-refractivity contribution in [2.75, 3.05) is 31.6 Å². The monoisotopic (exact) mass is 335 g/mol. The van der Waals surface area contributed by atoms with Gasteiger partial charge in [0.1, 0.15) is 16.3 Å². The van der Waals surface area contributed by atoms with Gasteiger partial charge in [0.05, 0.1) is 24.5 Å². The molecule has 0 saturated carbocycles. The lowest BCUT2D eigenvalue weighted by molar-refractivity contribution is 0.0304. The number of nitrogens with one attached hydrogen (secondary N) is 1. The number of ether oxygens (including phenoxy) is 1. The number of carbonyl (C=O) groups excluding carboxylic acids is 2. The first-order valence-corrected chi connectivity index (χ1v) is 8.14. The number of morpholine rings is 1. The zero-order valence-corrected chi connectivity index (χ0v) is 13.7. The van der Waals surface area contributed by atoms with Crippen molar-refractivity contribution in [3.05, 3.63) is 34.0 Å². The van der Waals surface area contributed by atoms with Gasteiger partial charge < -0.3 is 19.5 Å². The summed E-state index contributed by atoms with van der Waals surface area (Å²) in [4.78, 5) is 26.7. The Morgan fingerprint density at radius 2 is 2.04 bits per heavy atom. The summed E-state index contributed by atoms with van der Waals surface area (Å²) in [6.45, 7) is 5.59.